The van der Waals surface area contributed by atoms with Crippen LogP contribution in [-0.2, 0) is 4.79 Å². The molecule has 2 nitrogen and oxygen atoms in total. The third-order valence-corrected chi connectivity index (χ3v) is 2.91. The zero-order chi connectivity index (χ0) is 10.7. The highest BCUT2D eigenvalue weighted by molar-refractivity contribution is 9.11. The van der Waals surface area contributed by atoms with E-state index in [-0.39, 0.29) is 5.91 Å². The summed E-state index contributed by atoms with van der Waals surface area (Å²) < 4.78 is 1.43. The van der Waals surface area contributed by atoms with E-state index < -0.39 is 0 Å². The zero-order valence-corrected chi connectivity index (χ0v) is 10.9. The van der Waals surface area contributed by atoms with Crippen molar-refractivity contribution < 1.29 is 4.79 Å². The van der Waals surface area contributed by atoms with E-state index in [0.29, 0.717) is 19.7 Å². The standard InChI is InChI=1S/C9H6Br2ClNO/c1-2-8(14)13-9-6(10)3-5(12)4-7(9)11/h2-4H,1H2,(H,13,14). The van der Waals surface area contributed by atoms with E-state index in [4.69, 9.17) is 11.6 Å². The molecular formula is C9H6Br2ClNO. The second-order valence-electron chi connectivity index (χ2n) is 2.44. The van der Waals surface area contributed by atoms with Crippen LogP contribution in [0.3, 0.4) is 0 Å². The number of halogens is 3. The average Bonchev–Trinajstić information content (AvgIpc) is 2.10. The van der Waals surface area contributed by atoms with E-state index in [1.165, 1.54) is 6.08 Å². The van der Waals surface area contributed by atoms with Gasteiger partial charge in [-0.05, 0) is 50.1 Å². The van der Waals surface area contributed by atoms with Gasteiger partial charge < -0.3 is 5.32 Å². The maximum absolute atomic E-state index is 11.1. The number of carbonyl (C=O) groups excluding carboxylic acids is 1. The van der Waals surface area contributed by atoms with Gasteiger partial charge in [0, 0.05) is 14.0 Å². The lowest BCUT2D eigenvalue weighted by Gasteiger charge is -2.08. The number of hydrogen-bond acceptors (Lipinski definition) is 1. The van der Waals surface area contributed by atoms with Gasteiger partial charge in [0.1, 0.15) is 0 Å². The Balaban J connectivity index is 3.08. The zero-order valence-electron chi connectivity index (χ0n) is 6.98. The monoisotopic (exact) mass is 337 g/mol. The highest BCUT2D eigenvalue weighted by Crippen LogP contribution is 2.34. The van der Waals surface area contributed by atoms with Gasteiger partial charge in [0.05, 0.1) is 5.69 Å². The molecule has 0 aliphatic heterocycles. The van der Waals surface area contributed by atoms with E-state index in [1.807, 2.05) is 0 Å². The summed E-state index contributed by atoms with van der Waals surface area (Å²) in [6.45, 7) is 3.36. The first-order valence-electron chi connectivity index (χ1n) is 3.62. The fraction of sp³-hybridized carbons (Fsp3) is 0. The molecule has 5 heteroatoms. The number of rotatable bonds is 2. The van der Waals surface area contributed by atoms with Crippen LogP contribution in [0.25, 0.3) is 0 Å². The molecule has 0 atom stereocenters. The molecule has 74 valence electrons. The Bertz CT molecular complexity index is 369. The maximum Gasteiger partial charge on any atom is 0.247 e. The molecule has 0 radical (unpaired) electrons. The first kappa shape index (κ1) is 11.8. The summed E-state index contributed by atoms with van der Waals surface area (Å²) in [6, 6.07) is 3.40. The smallest absolute Gasteiger partial charge is 0.247 e. The fourth-order valence-corrected chi connectivity index (χ4v) is 2.70. The molecular weight excluding hydrogens is 333 g/mol. The normalized spacial score (nSPS) is 9.64. The van der Waals surface area contributed by atoms with Crippen LogP contribution in [-0.4, -0.2) is 5.91 Å². The third kappa shape index (κ3) is 2.83. The van der Waals surface area contributed by atoms with Crippen LogP contribution in [0.2, 0.25) is 5.02 Å². The predicted molar refractivity (Wildman–Crippen MR) is 65.7 cm³/mol. The van der Waals surface area contributed by atoms with Crippen molar-refractivity contribution in [3.8, 4) is 0 Å². The van der Waals surface area contributed by atoms with Gasteiger partial charge in [-0.3, -0.25) is 4.79 Å². The van der Waals surface area contributed by atoms with Gasteiger partial charge in [-0.15, -0.1) is 0 Å². The molecule has 14 heavy (non-hydrogen) atoms. The molecule has 1 aromatic rings. The van der Waals surface area contributed by atoms with E-state index >= 15 is 0 Å². The predicted octanol–water partition coefficient (Wildman–Crippen LogP) is 3.99. The first-order chi connectivity index (χ1) is 6.54. The van der Waals surface area contributed by atoms with E-state index in [2.05, 4.69) is 43.8 Å². The molecule has 1 N–H and O–H groups in total. The Morgan fingerprint density at radius 3 is 2.36 bits per heavy atom. The molecule has 0 unspecified atom stereocenters. The number of hydrogen-bond donors (Lipinski definition) is 1. The molecule has 0 bridgehead atoms. The second kappa shape index (κ2) is 4.96. The van der Waals surface area contributed by atoms with Crippen LogP contribution in [0.5, 0.6) is 0 Å². The molecule has 0 saturated heterocycles. The van der Waals surface area contributed by atoms with Gasteiger partial charge in [-0.25, -0.2) is 0 Å². The van der Waals surface area contributed by atoms with Gasteiger partial charge in [0.25, 0.3) is 0 Å². The van der Waals surface area contributed by atoms with E-state index in [1.54, 1.807) is 12.1 Å². The highest BCUT2D eigenvalue weighted by Gasteiger charge is 2.08. The van der Waals surface area contributed by atoms with Crippen molar-refractivity contribution in [2.75, 3.05) is 5.32 Å². The Morgan fingerprint density at radius 2 is 1.93 bits per heavy atom. The van der Waals surface area contributed by atoms with Gasteiger partial charge in [-0.1, -0.05) is 18.2 Å². The molecule has 0 fully saturated rings. The summed E-state index contributed by atoms with van der Waals surface area (Å²) in [7, 11) is 0. The Kier molecular flexibility index (Phi) is 4.16. The molecule has 0 aliphatic rings. The lowest BCUT2D eigenvalue weighted by molar-refractivity contribution is -0.111. The number of benzene rings is 1. The van der Waals surface area contributed by atoms with Crippen LogP contribution in [0.4, 0.5) is 5.69 Å². The lowest BCUT2D eigenvalue weighted by Crippen LogP contribution is -2.08. The number of nitrogens with one attached hydrogen (secondary N) is 1. The largest absolute Gasteiger partial charge is 0.321 e. The van der Waals surface area contributed by atoms with Crippen molar-refractivity contribution >= 4 is 55.1 Å². The van der Waals surface area contributed by atoms with Gasteiger partial charge in [0.2, 0.25) is 5.91 Å². The molecule has 0 aromatic heterocycles. The first-order valence-corrected chi connectivity index (χ1v) is 5.59. The molecule has 0 saturated carbocycles. The number of amides is 1. The van der Waals surface area contributed by atoms with Gasteiger partial charge in [-0.2, -0.15) is 0 Å². The van der Waals surface area contributed by atoms with Crippen molar-refractivity contribution in [2.45, 2.75) is 0 Å². The summed E-state index contributed by atoms with van der Waals surface area (Å²) in [5.41, 5.74) is 0.638. The Labute approximate surface area is 104 Å². The number of carbonyl (C=O) groups is 1. The van der Waals surface area contributed by atoms with Crippen molar-refractivity contribution in [3.05, 3.63) is 38.8 Å². The minimum absolute atomic E-state index is 0.270. The van der Waals surface area contributed by atoms with Crippen LogP contribution in [0, 0.1) is 0 Å². The minimum Gasteiger partial charge on any atom is -0.321 e. The van der Waals surface area contributed by atoms with Crippen LogP contribution >= 0.6 is 43.5 Å². The topological polar surface area (TPSA) is 29.1 Å². The maximum atomic E-state index is 11.1. The van der Waals surface area contributed by atoms with E-state index in [9.17, 15) is 4.79 Å². The van der Waals surface area contributed by atoms with Crippen LogP contribution < -0.4 is 5.32 Å². The Morgan fingerprint density at radius 1 is 1.43 bits per heavy atom. The van der Waals surface area contributed by atoms with Crippen LogP contribution in [0.15, 0.2) is 33.7 Å². The summed E-state index contributed by atoms with van der Waals surface area (Å²) in [5.74, 6) is -0.270. The third-order valence-electron chi connectivity index (χ3n) is 1.44. The fourth-order valence-electron chi connectivity index (χ4n) is 0.836. The summed E-state index contributed by atoms with van der Waals surface area (Å²) in [5, 5.41) is 3.23. The molecule has 0 aliphatic carbocycles. The summed E-state index contributed by atoms with van der Waals surface area (Å²) in [4.78, 5) is 11.1. The molecule has 0 spiro atoms. The average molecular weight is 339 g/mol. The molecule has 0 heterocycles. The minimum atomic E-state index is -0.270. The molecule has 1 rings (SSSR count). The van der Waals surface area contributed by atoms with Crippen molar-refractivity contribution in [1.29, 1.82) is 0 Å². The van der Waals surface area contributed by atoms with Crippen molar-refractivity contribution in [2.24, 2.45) is 0 Å². The SMILES string of the molecule is C=CC(=O)Nc1c(Br)cc(Cl)cc1Br. The van der Waals surface area contributed by atoms with E-state index in [0.717, 1.165) is 0 Å². The Hall–Kier alpha value is -0.320. The van der Waals surface area contributed by atoms with Crippen molar-refractivity contribution in [1.82, 2.24) is 0 Å². The van der Waals surface area contributed by atoms with Crippen molar-refractivity contribution in [3.63, 3.8) is 0 Å². The second-order valence-corrected chi connectivity index (χ2v) is 4.58. The molecule has 1 amide bonds. The lowest BCUT2D eigenvalue weighted by atomic mass is 10.3. The quantitative estimate of drug-likeness (QED) is 0.811. The van der Waals surface area contributed by atoms with Gasteiger partial charge in [0.15, 0.2) is 0 Å². The van der Waals surface area contributed by atoms with Crippen LogP contribution in [0.1, 0.15) is 0 Å². The number of anilines is 1. The molecule has 1 aromatic carbocycles. The highest BCUT2D eigenvalue weighted by atomic mass is 79.9. The van der Waals surface area contributed by atoms with Gasteiger partial charge >= 0.3 is 0 Å². The summed E-state index contributed by atoms with van der Waals surface area (Å²) >= 11 is 12.4. The summed E-state index contributed by atoms with van der Waals surface area (Å²) in [6.07, 6.45) is 1.20.